The van der Waals surface area contributed by atoms with Crippen LogP contribution in [-0.2, 0) is 0 Å². The van der Waals surface area contributed by atoms with Crippen molar-refractivity contribution in [3.8, 4) is 0 Å². The summed E-state index contributed by atoms with van der Waals surface area (Å²) in [6.45, 7) is 12.3. The third-order valence-corrected chi connectivity index (χ3v) is 2.10. The molecule has 0 heterocycles. The summed E-state index contributed by atoms with van der Waals surface area (Å²) in [5.41, 5.74) is 0. The topological polar surface area (TPSA) is 3.24 Å². The molecule has 0 spiro atoms. The summed E-state index contributed by atoms with van der Waals surface area (Å²) in [6, 6.07) is 0. The van der Waals surface area contributed by atoms with Crippen molar-refractivity contribution in [1.82, 2.24) is 4.90 Å². The molecule has 0 aliphatic carbocycles. The largest absolute Gasteiger partial charge is 0.304 e. The molecule has 1 nitrogen and oxygen atoms in total. The molecule has 0 saturated heterocycles. The normalized spacial score (nSPS) is 9.50. The van der Waals surface area contributed by atoms with Gasteiger partial charge in [0.05, 0.1) is 0 Å². The van der Waals surface area contributed by atoms with Crippen LogP contribution in [0.3, 0.4) is 0 Å². The maximum atomic E-state index is 5.30. The van der Waals surface area contributed by atoms with Crippen molar-refractivity contribution >= 4 is 11.6 Å². The number of alkyl halides is 1. The monoisotopic (exact) mass is 193 g/mol. The van der Waals surface area contributed by atoms with E-state index in [9.17, 15) is 0 Å². The van der Waals surface area contributed by atoms with Crippen LogP contribution in [0, 0.1) is 0 Å². The molecule has 12 heavy (non-hydrogen) atoms. The molecule has 0 N–H and O–H groups in total. The molecule has 0 fully saturated rings. The molecular weight excluding hydrogens is 170 g/mol. The van der Waals surface area contributed by atoms with Crippen molar-refractivity contribution in [2.24, 2.45) is 0 Å². The fraction of sp³-hybridized carbons (Fsp3) is 1.00. The van der Waals surface area contributed by atoms with Gasteiger partial charge in [0.1, 0.15) is 0 Å². The quantitative estimate of drug-likeness (QED) is 0.606. The van der Waals surface area contributed by atoms with E-state index in [0.717, 1.165) is 12.3 Å². The van der Waals surface area contributed by atoms with Gasteiger partial charge in [0, 0.05) is 5.88 Å². The first-order valence-electron chi connectivity index (χ1n) is 5.04. The maximum absolute atomic E-state index is 5.30. The Hall–Kier alpha value is 0.250. The average molecular weight is 194 g/mol. The molecule has 0 aromatic heterocycles. The summed E-state index contributed by atoms with van der Waals surface area (Å²) in [7, 11) is 0. The highest BCUT2D eigenvalue weighted by Gasteiger charge is 1.89. The van der Waals surface area contributed by atoms with Crippen molar-refractivity contribution in [3.63, 3.8) is 0 Å². The van der Waals surface area contributed by atoms with E-state index in [-0.39, 0.29) is 0 Å². The number of hydrogen-bond acceptors (Lipinski definition) is 1. The third kappa shape index (κ3) is 12.9. The second-order valence-electron chi connectivity index (χ2n) is 2.66. The Morgan fingerprint density at radius 3 is 1.33 bits per heavy atom. The van der Waals surface area contributed by atoms with Gasteiger partial charge < -0.3 is 4.90 Å². The summed E-state index contributed by atoms with van der Waals surface area (Å²) in [4.78, 5) is 2.38. The highest BCUT2D eigenvalue weighted by molar-refractivity contribution is 6.17. The minimum absolute atomic E-state index is 0.816. The molecule has 0 amide bonds. The van der Waals surface area contributed by atoms with Crippen LogP contribution in [0.4, 0.5) is 0 Å². The van der Waals surface area contributed by atoms with Gasteiger partial charge >= 0.3 is 0 Å². The Balaban J connectivity index is 0. The van der Waals surface area contributed by atoms with Gasteiger partial charge in [0.2, 0.25) is 0 Å². The van der Waals surface area contributed by atoms with Gasteiger partial charge in [-0.1, -0.05) is 34.1 Å². The first-order chi connectivity index (χ1) is 5.76. The molecule has 0 saturated carbocycles. The molecule has 0 radical (unpaired) electrons. The van der Waals surface area contributed by atoms with E-state index in [1.54, 1.807) is 0 Å². The van der Waals surface area contributed by atoms with Crippen molar-refractivity contribution < 1.29 is 0 Å². The van der Waals surface area contributed by atoms with Crippen molar-refractivity contribution in [1.29, 1.82) is 0 Å². The van der Waals surface area contributed by atoms with Crippen LogP contribution in [0.5, 0.6) is 0 Å². The second-order valence-corrected chi connectivity index (χ2v) is 3.04. The molecular formula is C10H24ClN. The number of hydrogen-bond donors (Lipinski definition) is 0. The van der Waals surface area contributed by atoms with E-state index >= 15 is 0 Å². The molecule has 0 aromatic rings. The van der Waals surface area contributed by atoms with Crippen molar-refractivity contribution in [2.75, 3.05) is 25.5 Å². The number of halogens is 1. The standard InChI is InChI=1S/C6H15N.C4H9Cl/c1-4-7(5-2)6-3;1-2-3-4-5/h4-6H2,1-3H3;2-4H2,1H3. The summed E-state index contributed by atoms with van der Waals surface area (Å²) in [5, 5.41) is 0. The van der Waals surface area contributed by atoms with E-state index in [4.69, 9.17) is 11.6 Å². The fourth-order valence-corrected chi connectivity index (χ4v) is 1.07. The zero-order chi connectivity index (χ0) is 9.82. The van der Waals surface area contributed by atoms with Crippen LogP contribution in [0.15, 0.2) is 0 Å². The number of rotatable bonds is 5. The summed E-state index contributed by atoms with van der Waals surface area (Å²) in [5.74, 6) is 0.816. The van der Waals surface area contributed by atoms with Gasteiger partial charge in [-0.2, -0.15) is 0 Å². The number of unbranched alkanes of at least 4 members (excludes halogenated alkanes) is 1. The molecule has 0 aromatic carbocycles. The van der Waals surface area contributed by atoms with Crippen molar-refractivity contribution in [3.05, 3.63) is 0 Å². The van der Waals surface area contributed by atoms with Crippen LogP contribution in [0.1, 0.15) is 40.5 Å². The summed E-state index contributed by atoms with van der Waals surface area (Å²) in [6.07, 6.45) is 2.37. The van der Waals surface area contributed by atoms with Gasteiger partial charge in [0.25, 0.3) is 0 Å². The molecule has 0 aliphatic rings. The van der Waals surface area contributed by atoms with Gasteiger partial charge in [-0.05, 0) is 26.1 Å². The first-order valence-corrected chi connectivity index (χ1v) is 5.58. The van der Waals surface area contributed by atoms with Crippen LogP contribution >= 0.6 is 11.6 Å². The third-order valence-electron chi connectivity index (χ3n) is 1.83. The molecule has 76 valence electrons. The van der Waals surface area contributed by atoms with E-state index in [0.29, 0.717) is 0 Å². The zero-order valence-electron chi connectivity index (χ0n) is 9.07. The second kappa shape index (κ2) is 13.8. The van der Waals surface area contributed by atoms with Crippen LogP contribution in [0.2, 0.25) is 0 Å². The SMILES string of the molecule is CCCCCl.CCN(CC)CC. The van der Waals surface area contributed by atoms with Gasteiger partial charge in [-0.25, -0.2) is 0 Å². The van der Waals surface area contributed by atoms with Gasteiger partial charge in [-0.3, -0.25) is 0 Å². The van der Waals surface area contributed by atoms with Crippen LogP contribution in [0.25, 0.3) is 0 Å². The Kier molecular flexibility index (Phi) is 17.0. The zero-order valence-corrected chi connectivity index (χ0v) is 9.82. The Bertz CT molecular complexity index is 55.3. The molecule has 2 heteroatoms. The van der Waals surface area contributed by atoms with Crippen LogP contribution in [-0.4, -0.2) is 30.4 Å². The highest BCUT2D eigenvalue weighted by Crippen LogP contribution is 1.86. The fourth-order valence-electron chi connectivity index (χ4n) is 0.804. The lowest BCUT2D eigenvalue weighted by Gasteiger charge is -2.13. The van der Waals surface area contributed by atoms with E-state index in [2.05, 4.69) is 32.6 Å². The summed E-state index contributed by atoms with van der Waals surface area (Å²) < 4.78 is 0. The Morgan fingerprint density at radius 2 is 1.33 bits per heavy atom. The lowest BCUT2D eigenvalue weighted by molar-refractivity contribution is 0.321. The lowest BCUT2D eigenvalue weighted by atomic mass is 10.4. The minimum Gasteiger partial charge on any atom is -0.304 e. The van der Waals surface area contributed by atoms with E-state index in [1.165, 1.54) is 26.1 Å². The predicted octanol–water partition coefficient (Wildman–Crippen LogP) is 3.37. The minimum atomic E-state index is 0.816. The number of nitrogens with zero attached hydrogens (tertiary/aromatic N) is 1. The lowest BCUT2D eigenvalue weighted by Crippen LogP contribution is -2.21. The molecule has 0 atom stereocenters. The van der Waals surface area contributed by atoms with Gasteiger partial charge in [-0.15, -0.1) is 11.6 Å². The van der Waals surface area contributed by atoms with Gasteiger partial charge in [0.15, 0.2) is 0 Å². The summed E-state index contributed by atoms with van der Waals surface area (Å²) >= 11 is 5.30. The molecule has 0 aliphatic heterocycles. The van der Waals surface area contributed by atoms with Crippen molar-refractivity contribution in [2.45, 2.75) is 40.5 Å². The Morgan fingerprint density at radius 1 is 0.917 bits per heavy atom. The first kappa shape index (κ1) is 14.8. The smallest absolute Gasteiger partial charge is 0.0223 e. The Labute approximate surface area is 83.1 Å². The molecule has 0 rings (SSSR count). The highest BCUT2D eigenvalue weighted by atomic mass is 35.5. The predicted molar refractivity (Wildman–Crippen MR) is 59.1 cm³/mol. The molecule has 0 bridgehead atoms. The average Bonchev–Trinajstić information content (AvgIpc) is 2.10. The molecule has 0 unspecified atom stereocenters. The van der Waals surface area contributed by atoms with E-state index in [1.807, 2.05) is 0 Å². The maximum Gasteiger partial charge on any atom is 0.0223 e. The van der Waals surface area contributed by atoms with Crippen LogP contribution < -0.4 is 0 Å². The van der Waals surface area contributed by atoms with E-state index < -0.39 is 0 Å².